The molecule has 0 fully saturated rings. The van der Waals surface area contributed by atoms with Gasteiger partial charge in [-0.15, -0.1) is 10.2 Å². The first-order chi connectivity index (χ1) is 18.6. The van der Waals surface area contributed by atoms with Gasteiger partial charge in [0.1, 0.15) is 5.01 Å². The molecule has 208 valence electrons. The molecule has 11 heteroatoms. The van der Waals surface area contributed by atoms with E-state index < -0.39 is 0 Å². The molecule has 0 atom stereocenters. The van der Waals surface area contributed by atoms with Crippen molar-refractivity contribution in [2.45, 2.75) is 40.0 Å². The highest BCUT2D eigenvalue weighted by Crippen LogP contribution is 2.37. The Balaban J connectivity index is 1.36. The molecule has 1 aromatic heterocycles. The quantitative estimate of drug-likeness (QED) is 0.360. The van der Waals surface area contributed by atoms with Crippen molar-refractivity contribution in [3.8, 4) is 33.6 Å². The normalized spacial score (nSPS) is 12.2. The van der Waals surface area contributed by atoms with E-state index in [1.165, 1.54) is 11.3 Å². The van der Waals surface area contributed by atoms with Crippen molar-refractivity contribution < 1.29 is 28.5 Å². The number of anilines is 1. The van der Waals surface area contributed by atoms with Crippen molar-refractivity contribution in [1.82, 2.24) is 15.1 Å². The topological polar surface area (TPSA) is 112 Å². The molecule has 2 aromatic carbocycles. The van der Waals surface area contributed by atoms with Crippen molar-refractivity contribution in [3.05, 3.63) is 42.0 Å². The third kappa shape index (κ3) is 7.60. The zero-order chi connectivity index (χ0) is 28.0. The van der Waals surface area contributed by atoms with Gasteiger partial charge in [0, 0.05) is 31.5 Å². The molecule has 0 spiro atoms. The summed E-state index contributed by atoms with van der Waals surface area (Å²) in [5, 5.41) is 12.2. The molecular formula is C28H34N4O6S. The van der Waals surface area contributed by atoms with Crippen LogP contribution in [-0.4, -0.2) is 61.0 Å². The van der Waals surface area contributed by atoms with Gasteiger partial charge in [0.2, 0.25) is 23.7 Å². The average Bonchev–Trinajstić information content (AvgIpc) is 3.56. The van der Waals surface area contributed by atoms with Crippen LogP contribution in [0.3, 0.4) is 0 Å². The largest absolute Gasteiger partial charge is 0.493 e. The summed E-state index contributed by atoms with van der Waals surface area (Å²) in [7, 11) is 3.19. The van der Waals surface area contributed by atoms with Crippen LogP contribution in [0.25, 0.3) is 10.6 Å². The van der Waals surface area contributed by atoms with Crippen LogP contribution in [0.2, 0.25) is 0 Å². The van der Waals surface area contributed by atoms with Crippen molar-refractivity contribution in [1.29, 1.82) is 0 Å². The number of nitrogens with zero attached hydrogens (tertiary/aromatic N) is 3. The van der Waals surface area contributed by atoms with Crippen molar-refractivity contribution in [2.24, 2.45) is 5.41 Å². The number of amides is 2. The van der Waals surface area contributed by atoms with E-state index >= 15 is 0 Å². The van der Waals surface area contributed by atoms with E-state index in [0.29, 0.717) is 59.1 Å². The van der Waals surface area contributed by atoms with Gasteiger partial charge in [-0.1, -0.05) is 38.2 Å². The van der Waals surface area contributed by atoms with Crippen LogP contribution in [0.5, 0.6) is 23.0 Å². The molecule has 0 saturated carbocycles. The van der Waals surface area contributed by atoms with Gasteiger partial charge >= 0.3 is 0 Å². The Morgan fingerprint density at radius 2 is 1.77 bits per heavy atom. The zero-order valence-electron chi connectivity index (χ0n) is 22.9. The smallest absolute Gasteiger partial charge is 0.231 e. The van der Waals surface area contributed by atoms with Gasteiger partial charge in [0.25, 0.3) is 0 Å². The molecule has 4 rings (SSSR count). The van der Waals surface area contributed by atoms with Crippen molar-refractivity contribution in [2.75, 3.05) is 39.4 Å². The van der Waals surface area contributed by atoms with Crippen molar-refractivity contribution in [3.63, 3.8) is 0 Å². The number of methoxy groups -OCH3 is 2. The summed E-state index contributed by atoms with van der Waals surface area (Å²) >= 11 is 1.27. The summed E-state index contributed by atoms with van der Waals surface area (Å²) < 4.78 is 21.5. The molecule has 2 amide bonds. The SMILES string of the molecule is COc1ccc(CCN(CCC(=O)Nc2nnc(-c3ccc4c(c3)OCO4)s2)C(=O)CC(C)(C)C)cc1OC. The maximum Gasteiger partial charge on any atom is 0.231 e. The summed E-state index contributed by atoms with van der Waals surface area (Å²) in [4.78, 5) is 27.7. The number of benzene rings is 2. The molecule has 3 aromatic rings. The molecule has 0 unspecified atom stereocenters. The van der Waals surface area contributed by atoms with E-state index in [0.717, 1.165) is 11.1 Å². The molecule has 10 nitrogen and oxygen atoms in total. The highest BCUT2D eigenvalue weighted by Gasteiger charge is 2.22. The van der Waals surface area contributed by atoms with Crippen LogP contribution < -0.4 is 24.3 Å². The lowest BCUT2D eigenvalue weighted by Gasteiger charge is -2.27. The van der Waals surface area contributed by atoms with E-state index in [9.17, 15) is 9.59 Å². The van der Waals surface area contributed by atoms with E-state index in [1.807, 2.05) is 57.2 Å². The van der Waals surface area contributed by atoms with Gasteiger partial charge in [0.15, 0.2) is 23.0 Å². The monoisotopic (exact) mass is 554 g/mol. The van der Waals surface area contributed by atoms with Gasteiger partial charge in [0.05, 0.1) is 14.2 Å². The Bertz CT molecular complexity index is 1320. The molecule has 0 saturated heterocycles. The lowest BCUT2D eigenvalue weighted by Crippen LogP contribution is -2.37. The van der Waals surface area contributed by atoms with Crippen LogP contribution in [0.4, 0.5) is 5.13 Å². The third-order valence-electron chi connectivity index (χ3n) is 6.05. The number of hydrogen-bond donors (Lipinski definition) is 1. The molecule has 39 heavy (non-hydrogen) atoms. The molecule has 1 aliphatic heterocycles. The summed E-state index contributed by atoms with van der Waals surface area (Å²) in [6.45, 7) is 7.04. The summed E-state index contributed by atoms with van der Waals surface area (Å²) in [6.07, 6.45) is 1.14. The standard InChI is InChI=1S/C28H34N4O6S/c1-28(2,3)16-25(34)32(12-10-18-6-8-20(35-4)22(14-18)36-5)13-11-24(33)29-27-31-30-26(39-27)19-7-9-21-23(15-19)38-17-37-21/h6-9,14-15H,10-13,16-17H2,1-5H3,(H,29,31,33). The second-order valence-corrected chi connectivity index (χ2v) is 11.3. The summed E-state index contributed by atoms with van der Waals surface area (Å²) in [5.41, 5.74) is 1.67. The lowest BCUT2D eigenvalue weighted by molar-refractivity contribution is -0.133. The first-order valence-corrected chi connectivity index (χ1v) is 13.5. The highest BCUT2D eigenvalue weighted by atomic mass is 32.1. The van der Waals surface area contributed by atoms with E-state index in [1.54, 1.807) is 19.1 Å². The molecule has 0 aliphatic carbocycles. The van der Waals surface area contributed by atoms with E-state index in [-0.39, 0.29) is 30.4 Å². The number of carbonyl (C=O) groups is 2. The van der Waals surface area contributed by atoms with E-state index in [4.69, 9.17) is 18.9 Å². The predicted molar refractivity (Wildman–Crippen MR) is 149 cm³/mol. The lowest BCUT2D eigenvalue weighted by atomic mass is 9.91. The molecule has 2 heterocycles. The van der Waals surface area contributed by atoms with Gasteiger partial charge < -0.3 is 29.2 Å². The van der Waals surface area contributed by atoms with Crippen LogP contribution in [0.1, 0.15) is 39.2 Å². The van der Waals surface area contributed by atoms with Gasteiger partial charge in [-0.25, -0.2) is 0 Å². The fourth-order valence-electron chi connectivity index (χ4n) is 4.07. The van der Waals surface area contributed by atoms with Crippen LogP contribution >= 0.6 is 11.3 Å². The Kier molecular flexibility index (Phi) is 8.90. The highest BCUT2D eigenvalue weighted by molar-refractivity contribution is 7.18. The number of rotatable bonds is 11. The molecule has 0 bridgehead atoms. The van der Waals surface area contributed by atoms with E-state index in [2.05, 4.69) is 15.5 Å². The Morgan fingerprint density at radius 3 is 2.51 bits per heavy atom. The minimum absolute atomic E-state index is 0.0109. The maximum absolute atomic E-state index is 13.1. The number of hydrogen-bond acceptors (Lipinski definition) is 9. The fourth-order valence-corrected chi connectivity index (χ4v) is 4.82. The number of ether oxygens (including phenoxy) is 4. The number of aromatic nitrogens is 2. The fraction of sp³-hybridized carbons (Fsp3) is 0.429. The summed E-state index contributed by atoms with van der Waals surface area (Å²) in [5.74, 6) is 2.41. The maximum atomic E-state index is 13.1. The molecule has 0 radical (unpaired) electrons. The third-order valence-corrected chi connectivity index (χ3v) is 6.94. The summed E-state index contributed by atoms with van der Waals surface area (Å²) in [6, 6.07) is 11.2. The number of fused-ring (bicyclic) bond motifs is 1. The molecular weight excluding hydrogens is 520 g/mol. The Hall–Kier alpha value is -3.86. The Morgan fingerprint density at radius 1 is 1.00 bits per heavy atom. The minimum Gasteiger partial charge on any atom is -0.493 e. The number of carbonyl (C=O) groups excluding carboxylic acids is 2. The second-order valence-electron chi connectivity index (χ2n) is 10.3. The number of nitrogens with one attached hydrogen (secondary N) is 1. The first kappa shape index (κ1) is 28.2. The average molecular weight is 555 g/mol. The van der Waals surface area contributed by atoms with Crippen molar-refractivity contribution >= 4 is 28.3 Å². The Labute approximate surface area is 232 Å². The van der Waals surface area contributed by atoms with Crippen LogP contribution in [0, 0.1) is 5.41 Å². The minimum atomic E-state index is -0.233. The second kappa shape index (κ2) is 12.3. The van der Waals surface area contributed by atoms with Gasteiger partial charge in [-0.2, -0.15) is 0 Å². The van der Waals surface area contributed by atoms with Crippen LogP contribution in [0.15, 0.2) is 36.4 Å². The first-order valence-electron chi connectivity index (χ1n) is 12.7. The van der Waals surface area contributed by atoms with Gasteiger partial charge in [-0.3, -0.25) is 9.59 Å². The van der Waals surface area contributed by atoms with Gasteiger partial charge in [-0.05, 0) is 47.7 Å². The molecule has 1 aliphatic rings. The zero-order valence-corrected chi connectivity index (χ0v) is 23.7. The van der Waals surface area contributed by atoms with Crippen LogP contribution in [-0.2, 0) is 16.0 Å². The molecule has 1 N–H and O–H groups in total. The predicted octanol–water partition coefficient (Wildman–Crippen LogP) is 4.79.